The van der Waals surface area contributed by atoms with E-state index in [4.69, 9.17) is 5.73 Å². The molecule has 6 N–H and O–H groups in total. The molecule has 0 aromatic heterocycles. The summed E-state index contributed by atoms with van der Waals surface area (Å²) in [5, 5.41) is 5.20. The zero-order chi connectivity index (χ0) is 27.2. The number of primary amides is 2. The largest absolute Gasteiger partial charge is 0.450 e. The van der Waals surface area contributed by atoms with Gasteiger partial charge in [0, 0.05) is 44.1 Å². The van der Waals surface area contributed by atoms with Crippen molar-refractivity contribution in [2.75, 3.05) is 32.8 Å². The van der Waals surface area contributed by atoms with Crippen LogP contribution in [0.5, 0.6) is 0 Å². The molecule has 1 unspecified atom stereocenters. The highest BCUT2D eigenvalue weighted by Crippen LogP contribution is 2.06. The average Bonchev–Trinajstić information content (AvgIpc) is 3.10. The van der Waals surface area contributed by atoms with E-state index in [1.54, 1.807) is 20.8 Å². The lowest BCUT2D eigenvalue weighted by molar-refractivity contribution is -0.137. The number of nitrogens with zero attached hydrogens (tertiary/aromatic N) is 1. The second-order valence-electron chi connectivity index (χ2n) is 7.06. The number of imide groups is 1. The summed E-state index contributed by atoms with van der Waals surface area (Å²) >= 11 is 0. The van der Waals surface area contributed by atoms with Gasteiger partial charge in [0.1, 0.15) is 0 Å². The fourth-order valence-electron chi connectivity index (χ4n) is 2.38. The number of nitrogens with one attached hydrogen (secondary N) is 2. The van der Waals surface area contributed by atoms with Crippen LogP contribution in [0.3, 0.4) is 0 Å². The lowest BCUT2D eigenvalue weighted by atomic mass is 10.0. The summed E-state index contributed by atoms with van der Waals surface area (Å²) in [6.07, 6.45) is 3.94. The van der Waals surface area contributed by atoms with E-state index in [-0.39, 0.29) is 48.6 Å². The third-order valence-electron chi connectivity index (χ3n) is 4.22. The number of amides is 6. The maximum atomic E-state index is 11.0. The highest BCUT2D eigenvalue weighted by atomic mass is 16.5. The Morgan fingerprint density at radius 2 is 1.51 bits per heavy atom. The van der Waals surface area contributed by atoms with Gasteiger partial charge in [-0.05, 0) is 33.6 Å². The summed E-state index contributed by atoms with van der Waals surface area (Å²) in [4.78, 5) is 65.3. The molecule has 1 heterocycles. The molecule has 1 rings (SSSR count). The van der Waals surface area contributed by atoms with Crippen LogP contribution in [-0.4, -0.2) is 73.6 Å². The number of ether oxygens (including phenoxy) is 2. The molecule has 1 atom stereocenters. The fraction of sp³-hybridized carbons (Fsp3) is 0.636. The lowest BCUT2D eigenvalue weighted by Gasteiger charge is -2.12. The number of hydrogen-bond acceptors (Lipinski definition) is 8. The van der Waals surface area contributed by atoms with Crippen LogP contribution < -0.4 is 22.1 Å². The van der Waals surface area contributed by atoms with Crippen molar-refractivity contribution in [3.8, 4) is 0 Å². The van der Waals surface area contributed by atoms with Gasteiger partial charge in [-0.25, -0.2) is 9.59 Å². The Morgan fingerprint density at radius 1 is 0.943 bits per heavy atom. The molecular formula is C22H39N5O8. The fourth-order valence-corrected chi connectivity index (χ4v) is 2.38. The first-order valence-electron chi connectivity index (χ1n) is 11.4. The SMILES string of the molecule is CCNC(=O)CCN1C(=O)C=CC1=O.CCOC(=O)NCCCCC(C)C(N)=O.CCOC(N)=O. The van der Waals surface area contributed by atoms with E-state index in [0.29, 0.717) is 26.3 Å². The maximum absolute atomic E-state index is 11.0. The Kier molecular flexibility index (Phi) is 20.1. The molecule has 35 heavy (non-hydrogen) atoms. The lowest BCUT2D eigenvalue weighted by Crippen LogP contribution is -2.34. The topological polar surface area (TPSA) is 200 Å². The average molecular weight is 502 g/mol. The molecule has 0 aliphatic carbocycles. The van der Waals surface area contributed by atoms with Gasteiger partial charge in [-0.1, -0.05) is 13.3 Å². The first-order valence-corrected chi connectivity index (χ1v) is 11.4. The van der Waals surface area contributed by atoms with E-state index in [1.807, 2.05) is 6.92 Å². The van der Waals surface area contributed by atoms with Crippen LogP contribution in [0.15, 0.2) is 12.2 Å². The van der Waals surface area contributed by atoms with Crippen molar-refractivity contribution in [3.05, 3.63) is 12.2 Å². The highest BCUT2D eigenvalue weighted by molar-refractivity contribution is 6.13. The second kappa shape index (κ2) is 20.9. The van der Waals surface area contributed by atoms with Gasteiger partial charge in [-0.2, -0.15) is 0 Å². The Bertz CT molecular complexity index is 709. The molecule has 13 heteroatoms. The van der Waals surface area contributed by atoms with Gasteiger partial charge in [0.05, 0.1) is 13.2 Å². The van der Waals surface area contributed by atoms with Gasteiger partial charge < -0.3 is 31.6 Å². The summed E-state index contributed by atoms with van der Waals surface area (Å²) in [6.45, 7) is 9.09. The number of alkyl carbamates (subject to hydrolysis) is 1. The van der Waals surface area contributed by atoms with Crippen LogP contribution in [0.2, 0.25) is 0 Å². The number of rotatable bonds is 12. The zero-order valence-electron chi connectivity index (χ0n) is 21.0. The van der Waals surface area contributed by atoms with Crippen LogP contribution in [0.1, 0.15) is 53.4 Å². The standard InChI is InChI=1S/C10H20N2O3.C9H12N2O3.C3H7NO2/c1-3-15-10(14)12-7-5-4-6-8(2)9(11)13;1-2-10-7(12)5-6-11-8(13)3-4-9(11)14;1-2-6-3(4)5/h8H,3-7H2,1-2H3,(H2,11,13)(H,12,14);3-4H,2,5-6H2,1H3,(H,10,12);2H2,1H3,(H2,4,5). The molecule has 0 spiro atoms. The molecule has 0 saturated heterocycles. The Morgan fingerprint density at radius 3 is 1.94 bits per heavy atom. The molecule has 13 nitrogen and oxygen atoms in total. The van der Waals surface area contributed by atoms with Crippen molar-refractivity contribution in [2.45, 2.75) is 53.4 Å². The summed E-state index contributed by atoms with van der Waals surface area (Å²) in [5.74, 6) is -1.21. The highest BCUT2D eigenvalue weighted by Gasteiger charge is 2.23. The molecule has 0 radical (unpaired) electrons. The predicted molar refractivity (Wildman–Crippen MR) is 128 cm³/mol. The van der Waals surface area contributed by atoms with Gasteiger partial charge >= 0.3 is 12.2 Å². The number of nitrogens with two attached hydrogens (primary N) is 2. The second-order valence-corrected chi connectivity index (χ2v) is 7.06. The van der Waals surface area contributed by atoms with Crippen molar-refractivity contribution < 1.29 is 38.2 Å². The summed E-state index contributed by atoms with van der Waals surface area (Å²) in [7, 11) is 0. The predicted octanol–water partition coefficient (Wildman–Crippen LogP) is 0.563. The molecule has 6 amide bonds. The summed E-state index contributed by atoms with van der Waals surface area (Å²) < 4.78 is 8.86. The van der Waals surface area contributed by atoms with Crippen LogP contribution in [0, 0.1) is 5.92 Å². The monoisotopic (exact) mass is 501 g/mol. The van der Waals surface area contributed by atoms with Gasteiger partial charge in [0.15, 0.2) is 0 Å². The van der Waals surface area contributed by atoms with E-state index in [1.165, 1.54) is 12.2 Å². The molecule has 0 aromatic rings. The minimum absolute atomic E-state index is 0.0902. The van der Waals surface area contributed by atoms with Crippen LogP contribution in [0.25, 0.3) is 0 Å². The van der Waals surface area contributed by atoms with Gasteiger partial charge in [-0.3, -0.25) is 24.1 Å². The molecule has 0 fully saturated rings. The van der Waals surface area contributed by atoms with E-state index in [0.717, 1.165) is 24.2 Å². The third-order valence-corrected chi connectivity index (χ3v) is 4.22. The van der Waals surface area contributed by atoms with E-state index in [9.17, 15) is 28.8 Å². The number of carbonyl (C=O) groups excluding carboxylic acids is 6. The number of unbranched alkanes of at least 4 members (excludes halogenated alkanes) is 1. The molecule has 1 aliphatic heterocycles. The van der Waals surface area contributed by atoms with E-state index < -0.39 is 6.09 Å². The molecule has 0 saturated carbocycles. The van der Waals surface area contributed by atoms with Crippen LogP contribution in [-0.2, 0) is 28.7 Å². The van der Waals surface area contributed by atoms with Crippen molar-refractivity contribution in [3.63, 3.8) is 0 Å². The molecule has 1 aliphatic rings. The molecular weight excluding hydrogens is 462 g/mol. The molecule has 0 aromatic carbocycles. The molecule has 200 valence electrons. The quantitative estimate of drug-likeness (QED) is 0.219. The Labute approximate surface area is 205 Å². The normalized spacial score (nSPS) is 12.4. The zero-order valence-corrected chi connectivity index (χ0v) is 21.0. The van der Waals surface area contributed by atoms with Gasteiger partial charge in [-0.15, -0.1) is 0 Å². The van der Waals surface area contributed by atoms with Crippen molar-refractivity contribution >= 4 is 35.8 Å². The number of hydrogen-bond donors (Lipinski definition) is 4. The first kappa shape index (κ1) is 33.5. The minimum Gasteiger partial charge on any atom is -0.450 e. The number of carbonyl (C=O) groups is 6. The smallest absolute Gasteiger partial charge is 0.407 e. The molecule has 0 bridgehead atoms. The summed E-state index contributed by atoms with van der Waals surface area (Å²) in [5.41, 5.74) is 9.65. The van der Waals surface area contributed by atoms with Crippen LogP contribution >= 0.6 is 0 Å². The third kappa shape index (κ3) is 19.5. The van der Waals surface area contributed by atoms with Crippen molar-refractivity contribution in [2.24, 2.45) is 17.4 Å². The maximum Gasteiger partial charge on any atom is 0.407 e. The Hall–Kier alpha value is -3.64. The van der Waals surface area contributed by atoms with E-state index in [2.05, 4.69) is 25.8 Å². The Balaban J connectivity index is 0. The van der Waals surface area contributed by atoms with Crippen molar-refractivity contribution in [1.29, 1.82) is 0 Å². The van der Waals surface area contributed by atoms with Gasteiger partial charge in [0.2, 0.25) is 11.8 Å². The van der Waals surface area contributed by atoms with E-state index >= 15 is 0 Å². The van der Waals surface area contributed by atoms with Crippen molar-refractivity contribution in [1.82, 2.24) is 15.5 Å². The minimum atomic E-state index is -0.711. The van der Waals surface area contributed by atoms with Gasteiger partial charge in [0.25, 0.3) is 11.8 Å². The first-order chi connectivity index (χ1) is 16.5. The van der Waals surface area contributed by atoms with Crippen LogP contribution in [0.4, 0.5) is 9.59 Å². The summed E-state index contributed by atoms with van der Waals surface area (Å²) in [6, 6.07) is 0.